The lowest BCUT2D eigenvalue weighted by atomic mass is 10.1. The molecule has 10 nitrogen and oxygen atoms in total. The molecule has 0 heterocycles. The fourth-order valence-electron chi connectivity index (χ4n) is 11.9. The number of ether oxygens (including phenoxy) is 6. The zero-order chi connectivity index (χ0) is 64.7. The van der Waals surface area contributed by atoms with Crippen molar-refractivity contribution in [2.75, 3.05) is 39.6 Å². The van der Waals surface area contributed by atoms with Crippen molar-refractivity contribution in [3.8, 4) is 34.5 Å². The molecule has 0 aromatic heterocycles. The second-order valence-electron chi connectivity index (χ2n) is 26.6. The molecule has 0 aliphatic rings. The molecular weight excluding hydrogens is 1120 g/mol. The van der Waals surface area contributed by atoms with E-state index in [9.17, 15) is 9.59 Å². The van der Waals surface area contributed by atoms with Crippen LogP contribution in [0, 0.1) is 0 Å². The van der Waals surface area contributed by atoms with Gasteiger partial charge in [0.25, 0.3) is 11.8 Å². The lowest BCUT2D eigenvalue weighted by Crippen LogP contribution is -2.41. The summed E-state index contributed by atoms with van der Waals surface area (Å²) in [5.41, 5.74) is 6.20. The molecule has 90 heavy (non-hydrogen) atoms. The minimum Gasteiger partial charge on any atom is -0.490 e. The van der Waals surface area contributed by atoms with Gasteiger partial charge in [-0.05, 0) is 62.8 Å². The molecule has 0 saturated carbocycles. The molecule has 0 saturated heterocycles. The molecule has 2 amide bonds. The van der Waals surface area contributed by atoms with Gasteiger partial charge >= 0.3 is 0 Å². The molecule has 2 rings (SSSR count). The van der Waals surface area contributed by atoms with E-state index in [1.807, 2.05) is 0 Å². The molecule has 2 aromatic carbocycles. The van der Waals surface area contributed by atoms with Crippen molar-refractivity contribution >= 4 is 11.8 Å². The van der Waals surface area contributed by atoms with Crippen molar-refractivity contribution in [1.29, 1.82) is 0 Å². The zero-order valence-electron chi connectivity index (χ0n) is 60.0. The minimum absolute atomic E-state index is 0.324. The van der Waals surface area contributed by atoms with E-state index in [-0.39, 0.29) is 0 Å². The van der Waals surface area contributed by atoms with Crippen LogP contribution in [0.4, 0.5) is 0 Å². The monoisotopic (exact) mass is 1260 g/mol. The average Bonchev–Trinajstić information content (AvgIpc) is 1.03. The van der Waals surface area contributed by atoms with Gasteiger partial charge in [-0.2, -0.15) is 0 Å². The van der Waals surface area contributed by atoms with Gasteiger partial charge in [-0.25, -0.2) is 0 Å². The van der Waals surface area contributed by atoms with Gasteiger partial charge in [-0.3, -0.25) is 20.4 Å². The molecule has 0 atom stereocenters. The molecule has 2 N–H and O–H groups in total. The topological polar surface area (TPSA) is 114 Å². The fourth-order valence-corrected chi connectivity index (χ4v) is 11.9. The predicted molar refractivity (Wildman–Crippen MR) is 384 cm³/mol. The first-order valence-electron chi connectivity index (χ1n) is 39.2. The van der Waals surface area contributed by atoms with E-state index in [1.165, 1.54) is 270 Å². The van der Waals surface area contributed by atoms with Gasteiger partial charge in [0, 0.05) is 11.1 Å². The number of hydrogen-bond donors (Lipinski definition) is 2. The molecule has 522 valence electrons. The van der Waals surface area contributed by atoms with Crippen LogP contribution >= 0.6 is 0 Å². The van der Waals surface area contributed by atoms with Crippen LogP contribution in [-0.4, -0.2) is 51.5 Å². The Balaban J connectivity index is 2.45. The number of nitrogens with one attached hydrogen (secondary N) is 2. The number of carbonyl (C=O) groups is 2. The first kappa shape index (κ1) is 82.3. The van der Waals surface area contributed by atoms with E-state index in [1.54, 1.807) is 24.3 Å². The number of unbranched alkanes of at least 4 members (excludes halogenated alkanes) is 48. The fraction of sp³-hybridized carbons (Fsp3) is 0.825. The summed E-state index contributed by atoms with van der Waals surface area (Å²) < 4.78 is 39.8. The molecule has 0 aliphatic heterocycles. The molecule has 0 spiro atoms. The van der Waals surface area contributed by atoms with Crippen molar-refractivity contribution < 1.29 is 38.0 Å². The third-order valence-electron chi connectivity index (χ3n) is 17.9. The van der Waals surface area contributed by atoms with Crippen LogP contribution in [-0.2, 0) is 0 Å². The summed E-state index contributed by atoms with van der Waals surface area (Å²) in [4.78, 5) is 28.9. The highest BCUT2D eigenvalue weighted by Gasteiger charge is 2.23. The number of hydrogen-bond acceptors (Lipinski definition) is 8. The van der Waals surface area contributed by atoms with Crippen LogP contribution in [0.15, 0.2) is 24.3 Å². The SMILES string of the molecule is CCCCCCCCCCCOc1cc(C(=O)NNC(=O)c2cc(OCCCCCCCCCCC)c(OCCCCCCCCCCC)c(OCCCCCCCCCCC)c2)cc(OCCCCCCCCCCC)c1OCCCCCCCCCCC. The van der Waals surface area contributed by atoms with Crippen LogP contribution in [0.5, 0.6) is 34.5 Å². The Labute approximate surface area is 555 Å². The Morgan fingerprint density at radius 3 is 0.533 bits per heavy atom. The maximum absolute atomic E-state index is 14.5. The molecule has 0 fully saturated rings. The Kier molecular flexibility index (Phi) is 57.2. The summed E-state index contributed by atoms with van der Waals surface area (Å²) in [5, 5.41) is 0. The van der Waals surface area contributed by atoms with E-state index in [4.69, 9.17) is 28.4 Å². The largest absolute Gasteiger partial charge is 0.490 e. The summed E-state index contributed by atoms with van der Waals surface area (Å²) in [6.45, 7) is 16.7. The number of amides is 2. The Morgan fingerprint density at radius 1 is 0.222 bits per heavy atom. The first-order valence-corrected chi connectivity index (χ1v) is 39.2. The van der Waals surface area contributed by atoms with Gasteiger partial charge in [-0.15, -0.1) is 0 Å². The smallest absolute Gasteiger partial charge is 0.269 e. The number of carbonyl (C=O) groups excluding carboxylic acids is 2. The first-order chi connectivity index (χ1) is 44.4. The molecular formula is C80H144N2O8. The Morgan fingerprint density at radius 2 is 0.367 bits per heavy atom. The van der Waals surface area contributed by atoms with Gasteiger partial charge < -0.3 is 28.4 Å². The summed E-state index contributed by atoms with van der Waals surface area (Å²) in [7, 11) is 0. The van der Waals surface area contributed by atoms with Crippen LogP contribution in [0.1, 0.15) is 409 Å². The van der Waals surface area contributed by atoms with Gasteiger partial charge in [0.1, 0.15) is 0 Å². The summed E-state index contributed by atoms with van der Waals surface area (Å²) in [6.07, 6.45) is 65.8. The van der Waals surface area contributed by atoms with E-state index < -0.39 is 11.8 Å². The van der Waals surface area contributed by atoms with E-state index >= 15 is 0 Å². The summed E-state index contributed by atoms with van der Waals surface area (Å²) in [6, 6.07) is 7.07. The van der Waals surface area contributed by atoms with Gasteiger partial charge in [-0.1, -0.05) is 350 Å². The van der Waals surface area contributed by atoms with Crippen molar-refractivity contribution in [1.82, 2.24) is 10.9 Å². The molecule has 0 bridgehead atoms. The molecule has 0 unspecified atom stereocenters. The third kappa shape index (κ3) is 45.5. The predicted octanol–water partition coefficient (Wildman–Crippen LogP) is 25.2. The maximum atomic E-state index is 14.5. The van der Waals surface area contributed by atoms with Crippen molar-refractivity contribution in [2.45, 2.75) is 388 Å². The van der Waals surface area contributed by atoms with Crippen LogP contribution < -0.4 is 39.3 Å². The lowest BCUT2D eigenvalue weighted by molar-refractivity contribution is 0.0845. The Bertz CT molecular complexity index is 1700. The third-order valence-corrected chi connectivity index (χ3v) is 17.9. The summed E-state index contributed by atoms with van der Waals surface area (Å²) in [5.74, 6) is 2.20. The molecule has 0 radical (unpaired) electrons. The lowest BCUT2D eigenvalue weighted by Gasteiger charge is -2.20. The van der Waals surface area contributed by atoms with Crippen molar-refractivity contribution in [3.05, 3.63) is 35.4 Å². The van der Waals surface area contributed by atoms with Crippen LogP contribution in [0.25, 0.3) is 0 Å². The Hall–Kier alpha value is -3.82. The highest BCUT2D eigenvalue weighted by atomic mass is 16.5. The standard InChI is InChI=1S/C80H144N2O8/c1-7-13-19-25-31-37-43-49-55-61-85-73-67-71(68-74(86-62-56-50-44-38-32-26-20-14-8-2)77(73)89-65-59-53-47-41-35-29-23-17-11-5)79(83)81-82-80(84)72-69-75(87-63-57-51-45-39-33-27-21-15-9-3)78(90-66-60-54-48-42-36-30-24-18-12-6)76(70-72)88-64-58-52-46-40-34-28-22-16-10-4/h67-70H,7-66H2,1-6H3,(H,81,83)(H,82,84). The van der Waals surface area contributed by atoms with Gasteiger partial charge in [0.05, 0.1) is 39.6 Å². The van der Waals surface area contributed by atoms with Crippen LogP contribution in [0.2, 0.25) is 0 Å². The summed E-state index contributed by atoms with van der Waals surface area (Å²) >= 11 is 0. The van der Waals surface area contributed by atoms with Gasteiger partial charge in [0.2, 0.25) is 11.5 Å². The molecule has 2 aromatic rings. The highest BCUT2D eigenvalue weighted by molar-refractivity contribution is 6.00. The number of benzene rings is 2. The van der Waals surface area contributed by atoms with E-state index in [2.05, 4.69) is 52.4 Å². The van der Waals surface area contributed by atoms with Crippen LogP contribution in [0.3, 0.4) is 0 Å². The van der Waals surface area contributed by atoms with Crippen molar-refractivity contribution in [2.24, 2.45) is 0 Å². The zero-order valence-corrected chi connectivity index (χ0v) is 60.0. The molecule has 0 aliphatic carbocycles. The second-order valence-corrected chi connectivity index (χ2v) is 26.6. The second kappa shape index (κ2) is 62.6. The number of hydrazine groups is 1. The average molecular weight is 1260 g/mol. The normalized spacial score (nSPS) is 11.3. The van der Waals surface area contributed by atoms with Gasteiger partial charge in [0.15, 0.2) is 23.0 Å². The van der Waals surface area contributed by atoms with Crippen molar-refractivity contribution in [3.63, 3.8) is 0 Å². The quantitative estimate of drug-likeness (QED) is 0.0497. The van der Waals surface area contributed by atoms with E-state index in [0.29, 0.717) is 85.3 Å². The van der Waals surface area contributed by atoms with E-state index in [0.717, 1.165) is 77.0 Å². The molecule has 10 heteroatoms. The minimum atomic E-state index is -0.473. The number of rotatable bonds is 68. The maximum Gasteiger partial charge on any atom is 0.269 e. The highest BCUT2D eigenvalue weighted by Crippen LogP contribution is 2.41.